The van der Waals surface area contributed by atoms with Gasteiger partial charge in [0.25, 0.3) is 0 Å². The van der Waals surface area contributed by atoms with Crippen LogP contribution in [0.5, 0.6) is 11.5 Å². The number of ether oxygens (including phenoxy) is 2. The molecule has 4 heteroatoms. The molecule has 0 heterocycles. The SMILES string of the molecule is COc1cc(N(C)CC(C)N)c(OC)cc1C. The Morgan fingerprint density at radius 1 is 1.24 bits per heavy atom. The molecule has 0 saturated heterocycles. The van der Waals surface area contributed by atoms with Crippen LogP contribution in [0.3, 0.4) is 0 Å². The Labute approximate surface area is 103 Å². The van der Waals surface area contributed by atoms with Crippen molar-refractivity contribution in [1.29, 1.82) is 0 Å². The summed E-state index contributed by atoms with van der Waals surface area (Å²) in [6.45, 7) is 4.74. The monoisotopic (exact) mass is 238 g/mol. The standard InChI is InChI=1S/C13H22N2O2/c1-9-6-13(17-5)11(7-12(9)16-4)15(3)8-10(2)14/h6-7,10H,8,14H2,1-5H3. The molecular weight excluding hydrogens is 216 g/mol. The number of hydrogen-bond acceptors (Lipinski definition) is 4. The van der Waals surface area contributed by atoms with Crippen molar-refractivity contribution in [2.45, 2.75) is 19.9 Å². The summed E-state index contributed by atoms with van der Waals surface area (Å²) in [7, 11) is 5.34. The fraction of sp³-hybridized carbons (Fsp3) is 0.538. The first-order valence-electron chi connectivity index (χ1n) is 5.69. The molecule has 0 amide bonds. The van der Waals surface area contributed by atoms with Crippen molar-refractivity contribution in [2.24, 2.45) is 5.73 Å². The summed E-state index contributed by atoms with van der Waals surface area (Å²) in [5, 5.41) is 0. The molecule has 2 N–H and O–H groups in total. The highest BCUT2D eigenvalue weighted by molar-refractivity contribution is 5.63. The molecule has 96 valence electrons. The molecule has 1 aromatic rings. The highest BCUT2D eigenvalue weighted by Crippen LogP contribution is 2.34. The normalized spacial score (nSPS) is 12.1. The molecule has 0 aliphatic carbocycles. The van der Waals surface area contributed by atoms with Crippen molar-refractivity contribution < 1.29 is 9.47 Å². The maximum atomic E-state index is 5.81. The minimum absolute atomic E-state index is 0.108. The summed E-state index contributed by atoms with van der Waals surface area (Å²) < 4.78 is 10.7. The second-order valence-electron chi connectivity index (χ2n) is 4.35. The molecule has 0 aliphatic rings. The third-order valence-corrected chi connectivity index (χ3v) is 2.67. The largest absolute Gasteiger partial charge is 0.496 e. The van der Waals surface area contributed by atoms with E-state index in [0.29, 0.717) is 0 Å². The average molecular weight is 238 g/mol. The van der Waals surface area contributed by atoms with E-state index in [1.165, 1.54) is 0 Å². The maximum absolute atomic E-state index is 5.81. The first-order valence-corrected chi connectivity index (χ1v) is 5.69. The van der Waals surface area contributed by atoms with Gasteiger partial charge < -0.3 is 20.1 Å². The number of anilines is 1. The summed E-state index contributed by atoms with van der Waals surface area (Å²) in [6.07, 6.45) is 0. The Kier molecular flexibility index (Phi) is 4.63. The molecule has 0 radical (unpaired) electrons. The van der Waals surface area contributed by atoms with E-state index in [4.69, 9.17) is 15.2 Å². The van der Waals surface area contributed by atoms with E-state index in [1.807, 2.05) is 33.0 Å². The van der Waals surface area contributed by atoms with Crippen LogP contribution in [-0.2, 0) is 0 Å². The van der Waals surface area contributed by atoms with Gasteiger partial charge in [-0.1, -0.05) is 0 Å². The topological polar surface area (TPSA) is 47.7 Å². The predicted molar refractivity (Wildman–Crippen MR) is 71.2 cm³/mol. The maximum Gasteiger partial charge on any atom is 0.142 e. The first-order chi connectivity index (χ1) is 7.99. The number of likely N-dealkylation sites (N-methyl/N-ethyl adjacent to an activating group) is 1. The molecule has 1 aromatic carbocycles. The van der Waals surface area contributed by atoms with E-state index < -0.39 is 0 Å². The third-order valence-electron chi connectivity index (χ3n) is 2.67. The number of aryl methyl sites for hydroxylation is 1. The third kappa shape index (κ3) is 3.27. The van der Waals surface area contributed by atoms with Gasteiger partial charge in [0, 0.05) is 25.7 Å². The molecule has 1 rings (SSSR count). The molecular formula is C13H22N2O2. The molecule has 1 atom stereocenters. The van der Waals surface area contributed by atoms with Crippen LogP contribution in [0, 0.1) is 6.92 Å². The second-order valence-corrected chi connectivity index (χ2v) is 4.35. The molecule has 1 unspecified atom stereocenters. The summed E-state index contributed by atoms with van der Waals surface area (Å²) in [5.74, 6) is 1.70. The summed E-state index contributed by atoms with van der Waals surface area (Å²) in [4.78, 5) is 2.07. The lowest BCUT2D eigenvalue weighted by Crippen LogP contribution is -2.33. The zero-order chi connectivity index (χ0) is 13.0. The van der Waals surface area contributed by atoms with Crippen molar-refractivity contribution in [1.82, 2.24) is 0 Å². The molecule has 17 heavy (non-hydrogen) atoms. The van der Waals surface area contributed by atoms with E-state index in [-0.39, 0.29) is 6.04 Å². The number of nitrogens with zero attached hydrogens (tertiary/aromatic N) is 1. The first kappa shape index (κ1) is 13.6. The molecule has 4 nitrogen and oxygen atoms in total. The summed E-state index contributed by atoms with van der Waals surface area (Å²) in [5.41, 5.74) is 7.86. The van der Waals surface area contributed by atoms with Gasteiger partial charge in [0.2, 0.25) is 0 Å². The lowest BCUT2D eigenvalue weighted by molar-refractivity contribution is 0.400. The number of methoxy groups -OCH3 is 2. The average Bonchev–Trinajstić information content (AvgIpc) is 2.27. The molecule has 0 aromatic heterocycles. The fourth-order valence-electron chi connectivity index (χ4n) is 1.86. The highest BCUT2D eigenvalue weighted by Gasteiger charge is 2.13. The number of hydrogen-bond donors (Lipinski definition) is 1. The van der Waals surface area contributed by atoms with Gasteiger partial charge >= 0.3 is 0 Å². The van der Waals surface area contributed by atoms with Gasteiger partial charge in [-0.2, -0.15) is 0 Å². The van der Waals surface area contributed by atoms with Crippen molar-refractivity contribution in [3.05, 3.63) is 17.7 Å². The lowest BCUT2D eigenvalue weighted by Gasteiger charge is -2.24. The Bertz CT molecular complexity index is 378. The van der Waals surface area contributed by atoms with Crippen LogP contribution in [0.25, 0.3) is 0 Å². The minimum atomic E-state index is 0.108. The van der Waals surface area contributed by atoms with E-state index in [0.717, 1.165) is 29.3 Å². The van der Waals surface area contributed by atoms with E-state index in [9.17, 15) is 0 Å². The quantitative estimate of drug-likeness (QED) is 0.849. The van der Waals surface area contributed by atoms with Crippen LogP contribution in [-0.4, -0.2) is 33.9 Å². The van der Waals surface area contributed by atoms with Crippen LogP contribution in [0.2, 0.25) is 0 Å². The van der Waals surface area contributed by atoms with Crippen molar-refractivity contribution in [3.8, 4) is 11.5 Å². The Morgan fingerprint density at radius 3 is 2.29 bits per heavy atom. The molecule has 0 aliphatic heterocycles. The Morgan fingerprint density at radius 2 is 1.82 bits per heavy atom. The molecule has 0 spiro atoms. The number of benzene rings is 1. The highest BCUT2D eigenvalue weighted by atomic mass is 16.5. The van der Waals surface area contributed by atoms with Gasteiger partial charge in [0.05, 0.1) is 19.9 Å². The van der Waals surface area contributed by atoms with Gasteiger partial charge in [0.1, 0.15) is 11.5 Å². The zero-order valence-corrected chi connectivity index (χ0v) is 11.3. The van der Waals surface area contributed by atoms with Gasteiger partial charge in [-0.3, -0.25) is 0 Å². The van der Waals surface area contributed by atoms with Crippen LogP contribution in [0.1, 0.15) is 12.5 Å². The smallest absolute Gasteiger partial charge is 0.142 e. The Hall–Kier alpha value is -1.42. The number of nitrogens with two attached hydrogens (primary N) is 1. The summed E-state index contributed by atoms with van der Waals surface area (Å²) >= 11 is 0. The molecule has 0 bridgehead atoms. The lowest BCUT2D eigenvalue weighted by atomic mass is 10.1. The van der Waals surface area contributed by atoms with Crippen LogP contribution in [0.4, 0.5) is 5.69 Å². The second kappa shape index (κ2) is 5.77. The van der Waals surface area contributed by atoms with Crippen molar-refractivity contribution in [3.63, 3.8) is 0 Å². The number of rotatable bonds is 5. The predicted octanol–water partition coefficient (Wildman–Crippen LogP) is 1.80. The van der Waals surface area contributed by atoms with E-state index >= 15 is 0 Å². The van der Waals surface area contributed by atoms with Crippen molar-refractivity contribution >= 4 is 5.69 Å². The minimum Gasteiger partial charge on any atom is -0.496 e. The van der Waals surface area contributed by atoms with Crippen LogP contribution in [0.15, 0.2) is 12.1 Å². The van der Waals surface area contributed by atoms with E-state index in [2.05, 4.69) is 4.90 Å². The molecule has 0 fully saturated rings. The van der Waals surface area contributed by atoms with Crippen LogP contribution >= 0.6 is 0 Å². The summed E-state index contributed by atoms with van der Waals surface area (Å²) in [6, 6.07) is 4.07. The van der Waals surface area contributed by atoms with Gasteiger partial charge in [-0.05, 0) is 25.5 Å². The van der Waals surface area contributed by atoms with Gasteiger partial charge in [0.15, 0.2) is 0 Å². The van der Waals surface area contributed by atoms with Crippen LogP contribution < -0.4 is 20.1 Å². The van der Waals surface area contributed by atoms with E-state index in [1.54, 1.807) is 14.2 Å². The fourth-order valence-corrected chi connectivity index (χ4v) is 1.86. The van der Waals surface area contributed by atoms with Crippen molar-refractivity contribution in [2.75, 3.05) is 32.7 Å². The van der Waals surface area contributed by atoms with Gasteiger partial charge in [-0.25, -0.2) is 0 Å². The molecule has 0 saturated carbocycles. The Balaban J connectivity index is 3.11. The van der Waals surface area contributed by atoms with Gasteiger partial charge in [-0.15, -0.1) is 0 Å². The zero-order valence-electron chi connectivity index (χ0n) is 11.3.